The quantitative estimate of drug-likeness (QED) is 0.439. The lowest BCUT2D eigenvalue weighted by Crippen LogP contribution is -2.51. The molecule has 7 rings (SSSR count). The van der Waals surface area contributed by atoms with E-state index >= 15 is 0 Å². The number of piperazine rings is 1. The number of hydrogen-bond acceptors (Lipinski definition) is 7. The summed E-state index contributed by atoms with van der Waals surface area (Å²) in [6.07, 6.45) is 3.26. The van der Waals surface area contributed by atoms with Crippen molar-refractivity contribution in [2.24, 2.45) is 0 Å². The summed E-state index contributed by atoms with van der Waals surface area (Å²) >= 11 is 0. The third-order valence-electron chi connectivity index (χ3n) is 9.29. The number of rotatable bonds is 5. The summed E-state index contributed by atoms with van der Waals surface area (Å²) < 4.78 is 62.6. The van der Waals surface area contributed by atoms with E-state index in [1.54, 1.807) is 6.92 Å². The maximum absolute atomic E-state index is 14.5. The lowest BCUT2D eigenvalue weighted by molar-refractivity contribution is -0.139. The summed E-state index contributed by atoms with van der Waals surface area (Å²) in [6.45, 7) is 5.83. The maximum atomic E-state index is 14.5. The smallest absolute Gasteiger partial charge is 0.419 e. The van der Waals surface area contributed by atoms with Gasteiger partial charge in [0.15, 0.2) is 0 Å². The Bertz CT molecular complexity index is 1440. The molecule has 4 fully saturated rings. The largest absolute Gasteiger partial charge is 0.461 e. The molecule has 0 aliphatic carbocycles. The minimum absolute atomic E-state index is 0.00570. The fraction of sp³-hybridized carbons (Fsp3) is 0.552. The molecule has 7 nitrogen and oxygen atoms in total. The minimum atomic E-state index is -4.87. The predicted octanol–water partition coefficient (Wildman–Crippen LogP) is 5.11. The van der Waals surface area contributed by atoms with Crippen LogP contribution in [0.5, 0.6) is 6.01 Å². The third kappa shape index (κ3) is 4.29. The zero-order chi connectivity index (χ0) is 27.6. The topological polar surface area (TPSA) is 66.4 Å². The van der Waals surface area contributed by atoms with E-state index in [0.717, 1.165) is 70.8 Å². The number of nitrogens with one attached hydrogen (secondary N) is 1. The van der Waals surface area contributed by atoms with Gasteiger partial charge in [0.1, 0.15) is 23.8 Å². The molecule has 0 radical (unpaired) electrons. The molecule has 4 aliphatic heterocycles. The maximum Gasteiger partial charge on any atom is 0.419 e. The molecule has 2 atom stereocenters. The number of ether oxygens (including phenoxy) is 1. The van der Waals surface area contributed by atoms with Crippen LogP contribution in [0.2, 0.25) is 0 Å². The number of hydrogen-bond donors (Lipinski definition) is 1. The van der Waals surface area contributed by atoms with Gasteiger partial charge in [-0.25, -0.2) is 4.39 Å². The van der Waals surface area contributed by atoms with E-state index in [2.05, 4.69) is 20.1 Å². The second-order valence-corrected chi connectivity index (χ2v) is 11.7. The van der Waals surface area contributed by atoms with Crippen molar-refractivity contribution in [3.05, 3.63) is 41.3 Å². The monoisotopic (exact) mass is 556 g/mol. The zero-order valence-corrected chi connectivity index (χ0v) is 22.4. The van der Waals surface area contributed by atoms with Crippen molar-refractivity contribution in [1.29, 1.82) is 0 Å². The summed E-state index contributed by atoms with van der Waals surface area (Å²) in [5.74, 6) is -0.644. The number of aryl methyl sites for hydroxylation is 1. The average Bonchev–Trinajstić information content (AvgIpc) is 3.60. The molecule has 2 bridgehead atoms. The van der Waals surface area contributed by atoms with Gasteiger partial charge in [-0.1, -0.05) is 12.1 Å². The van der Waals surface area contributed by atoms with Crippen molar-refractivity contribution in [3.8, 4) is 17.3 Å². The zero-order valence-electron chi connectivity index (χ0n) is 22.4. The molecular formula is C29H32F4N6O. The molecule has 3 aromatic rings. The Morgan fingerprint density at radius 3 is 2.50 bits per heavy atom. The van der Waals surface area contributed by atoms with Gasteiger partial charge < -0.3 is 15.0 Å². The van der Waals surface area contributed by atoms with Gasteiger partial charge in [-0.15, -0.1) is 0 Å². The standard InChI is InChI=1S/C29H32F4N6O/c1-17-24(20-5-2-6-22(30)23(20)29(31,32)33)34-13-21-25(17)36-27(40-16-28-9-3-11-39(28)12-4-10-28)37-26(21)38-14-18-7-8-19(15-38)35-18/h2,5-6,13,18-19,35H,3-4,7-12,14-16H2,1H3. The summed E-state index contributed by atoms with van der Waals surface area (Å²) in [5, 5.41) is 4.28. The van der Waals surface area contributed by atoms with Gasteiger partial charge in [0, 0.05) is 42.5 Å². The number of alkyl halides is 3. The highest BCUT2D eigenvalue weighted by Crippen LogP contribution is 2.42. The van der Waals surface area contributed by atoms with Crippen LogP contribution in [0.4, 0.5) is 23.4 Å². The number of pyridine rings is 1. The van der Waals surface area contributed by atoms with Crippen molar-refractivity contribution in [2.75, 3.05) is 37.7 Å². The van der Waals surface area contributed by atoms with Crippen LogP contribution in [0.3, 0.4) is 0 Å². The van der Waals surface area contributed by atoms with Crippen molar-refractivity contribution in [3.63, 3.8) is 0 Å². The first kappa shape index (κ1) is 25.9. The first-order valence-electron chi connectivity index (χ1n) is 14.1. The molecule has 0 spiro atoms. The van der Waals surface area contributed by atoms with Gasteiger partial charge >= 0.3 is 12.2 Å². The average molecular weight is 557 g/mol. The first-order valence-corrected chi connectivity index (χ1v) is 14.1. The van der Waals surface area contributed by atoms with Crippen LogP contribution in [-0.4, -0.2) is 70.3 Å². The summed E-state index contributed by atoms with van der Waals surface area (Å²) in [7, 11) is 0. The molecule has 1 aromatic carbocycles. The van der Waals surface area contributed by atoms with Crippen LogP contribution in [0.1, 0.15) is 49.7 Å². The normalized spacial score (nSPS) is 24.2. The molecule has 1 N–H and O–H groups in total. The van der Waals surface area contributed by atoms with Gasteiger partial charge in [0.2, 0.25) is 0 Å². The molecule has 4 saturated heterocycles. The van der Waals surface area contributed by atoms with E-state index in [9.17, 15) is 17.6 Å². The molecule has 0 saturated carbocycles. The molecule has 11 heteroatoms. The number of aromatic nitrogens is 3. The highest BCUT2D eigenvalue weighted by atomic mass is 19.4. The van der Waals surface area contributed by atoms with Crippen LogP contribution in [0.25, 0.3) is 22.2 Å². The lowest BCUT2D eigenvalue weighted by atomic mass is 9.95. The second kappa shape index (κ2) is 9.51. The third-order valence-corrected chi connectivity index (χ3v) is 9.29. The molecule has 2 aromatic heterocycles. The Balaban J connectivity index is 1.34. The van der Waals surface area contributed by atoms with Crippen LogP contribution in [0, 0.1) is 12.7 Å². The van der Waals surface area contributed by atoms with E-state index in [1.165, 1.54) is 18.3 Å². The molecule has 40 heavy (non-hydrogen) atoms. The van der Waals surface area contributed by atoms with Crippen molar-refractivity contribution in [1.82, 2.24) is 25.2 Å². The Morgan fingerprint density at radius 2 is 1.80 bits per heavy atom. The molecule has 0 amide bonds. The van der Waals surface area contributed by atoms with Crippen molar-refractivity contribution < 1.29 is 22.3 Å². The Hall–Kier alpha value is -3.05. The van der Waals surface area contributed by atoms with Gasteiger partial charge in [0.25, 0.3) is 0 Å². The number of nitrogens with zero attached hydrogens (tertiary/aromatic N) is 5. The fourth-order valence-corrected chi connectivity index (χ4v) is 7.40. The Labute approximate surface area is 229 Å². The van der Waals surface area contributed by atoms with Crippen LogP contribution >= 0.6 is 0 Å². The summed E-state index contributed by atoms with van der Waals surface area (Å²) in [4.78, 5) is 18.8. The van der Waals surface area contributed by atoms with E-state index in [1.807, 2.05) is 0 Å². The van der Waals surface area contributed by atoms with Gasteiger partial charge in [-0.3, -0.25) is 9.88 Å². The van der Waals surface area contributed by atoms with Gasteiger partial charge in [-0.05, 0) is 64.6 Å². The van der Waals surface area contributed by atoms with E-state index in [-0.39, 0.29) is 22.8 Å². The molecule has 212 valence electrons. The molecule has 6 heterocycles. The summed E-state index contributed by atoms with van der Waals surface area (Å²) in [5.41, 5.74) is -0.681. The minimum Gasteiger partial charge on any atom is -0.461 e. The highest BCUT2D eigenvalue weighted by molar-refractivity contribution is 5.94. The highest BCUT2D eigenvalue weighted by Gasteiger charge is 2.45. The first-order chi connectivity index (χ1) is 19.2. The van der Waals surface area contributed by atoms with E-state index in [0.29, 0.717) is 41.0 Å². The number of anilines is 1. The molecule has 4 aliphatic rings. The van der Waals surface area contributed by atoms with Gasteiger partial charge in [0.05, 0.1) is 22.1 Å². The molecular weight excluding hydrogens is 524 g/mol. The lowest BCUT2D eigenvalue weighted by Gasteiger charge is -2.34. The van der Waals surface area contributed by atoms with Crippen LogP contribution < -0.4 is 15.0 Å². The van der Waals surface area contributed by atoms with Crippen molar-refractivity contribution in [2.45, 2.75) is 69.2 Å². The summed E-state index contributed by atoms with van der Waals surface area (Å²) in [6, 6.07) is 4.28. The number of benzene rings is 1. The number of fused-ring (bicyclic) bond motifs is 4. The SMILES string of the molecule is Cc1c(-c2cccc(F)c2C(F)(F)F)ncc2c(N3CC4CCC(C3)N4)nc(OCC34CCCN3CCC4)nc12. The fourth-order valence-electron chi connectivity index (χ4n) is 7.40. The number of halogens is 4. The van der Waals surface area contributed by atoms with Crippen LogP contribution in [0.15, 0.2) is 24.4 Å². The Morgan fingerprint density at radius 1 is 1.07 bits per heavy atom. The van der Waals surface area contributed by atoms with Crippen LogP contribution in [-0.2, 0) is 6.18 Å². The van der Waals surface area contributed by atoms with E-state index in [4.69, 9.17) is 14.7 Å². The van der Waals surface area contributed by atoms with Gasteiger partial charge in [-0.2, -0.15) is 23.1 Å². The second-order valence-electron chi connectivity index (χ2n) is 11.7. The van der Waals surface area contributed by atoms with E-state index < -0.39 is 17.6 Å². The predicted molar refractivity (Wildman–Crippen MR) is 143 cm³/mol. The van der Waals surface area contributed by atoms with Crippen molar-refractivity contribution >= 4 is 16.7 Å². The molecule has 2 unspecified atom stereocenters. The Kier molecular flexibility index (Phi) is 6.16.